The van der Waals surface area contributed by atoms with E-state index in [0.717, 1.165) is 29.8 Å². The van der Waals surface area contributed by atoms with E-state index >= 15 is 0 Å². The third-order valence-corrected chi connectivity index (χ3v) is 3.80. The average molecular weight is 237 g/mol. The Balaban J connectivity index is 2.13. The Morgan fingerprint density at radius 1 is 1.44 bits per heavy atom. The number of carbonyl (C=O) groups excluding carboxylic acids is 1. The largest absolute Gasteiger partial charge is 0.347 e. The van der Waals surface area contributed by atoms with E-state index in [-0.39, 0.29) is 11.9 Å². The summed E-state index contributed by atoms with van der Waals surface area (Å²) in [7, 11) is 0. The van der Waals surface area contributed by atoms with Gasteiger partial charge in [-0.15, -0.1) is 0 Å². The number of rotatable bonds is 0. The summed E-state index contributed by atoms with van der Waals surface area (Å²) in [5, 5.41) is 3.04. The first-order valence-electron chi connectivity index (χ1n) is 5.48. The molecular weight excluding hydrogens is 224 g/mol. The van der Waals surface area contributed by atoms with E-state index < -0.39 is 0 Å². The molecule has 1 aromatic carbocycles. The van der Waals surface area contributed by atoms with Crippen LogP contribution in [0.2, 0.25) is 0 Å². The van der Waals surface area contributed by atoms with Gasteiger partial charge in [-0.25, -0.2) is 4.42 Å². The number of hydrogen-bond acceptors (Lipinski definition) is 2. The molecule has 0 bridgehead atoms. The van der Waals surface area contributed by atoms with Gasteiger partial charge in [0.05, 0.1) is 6.04 Å². The van der Waals surface area contributed by atoms with E-state index in [2.05, 4.69) is 11.4 Å². The summed E-state index contributed by atoms with van der Waals surface area (Å²) in [6.07, 6.45) is 0. The van der Waals surface area contributed by atoms with E-state index in [9.17, 15) is 4.79 Å². The number of carbonyl (C=O) groups is 1. The van der Waals surface area contributed by atoms with Crippen LogP contribution in [0.4, 0.5) is 0 Å². The molecule has 2 heterocycles. The summed E-state index contributed by atoms with van der Waals surface area (Å²) < 4.78 is 1.76. The van der Waals surface area contributed by atoms with Gasteiger partial charge >= 0.3 is 0 Å². The lowest BCUT2D eigenvalue weighted by Crippen LogP contribution is -2.44. The number of benzene rings is 1. The lowest BCUT2D eigenvalue weighted by Gasteiger charge is -2.28. The van der Waals surface area contributed by atoms with Crippen molar-refractivity contribution in [1.82, 2.24) is 9.74 Å². The highest BCUT2D eigenvalue weighted by molar-refractivity contribution is 6.13. The van der Waals surface area contributed by atoms with E-state index in [1.165, 1.54) is 0 Å². The van der Waals surface area contributed by atoms with Crippen molar-refractivity contribution in [2.75, 3.05) is 13.1 Å². The summed E-state index contributed by atoms with van der Waals surface area (Å²) in [5.41, 5.74) is 3.04. The van der Waals surface area contributed by atoms with Gasteiger partial charge in [0.1, 0.15) is 0 Å². The maximum absolute atomic E-state index is 12.0. The quantitative estimate of drug-likeness (QED) is 0.695. The molecule has 1 N–H and O–H groups in total. The van der Waals surface area contributed by atoms with Crippen molar-refractivity contribution in [2.24, 2.45) is 0 Å². The zero-order valence-electron chi connectivity index (χ0n) is 9.03. The number of nitrogens with zero attached hydrogens (tertiary/aromatic N) is 1. The van der Waals surface area contributed by atoms with Crippen molar-refractivity contribution in [3.8, 4) is 0 Å². The van der Waals surface area contributed by atoms with Gasteiger partial charge < -0.3 is 5.32 Å². The summed E-state index contributed by atoms with van der Waals surface area (Å²) in [6.45, 7) is 3.51. The molecule has 0 aliphatic carbocycles. The molecule has 1 amide bonds. The Labute approximate surface area is 99.5 Å². The number of fused-ring (bicyclic) bond motifs is 3. The molecule has 3 nitrogen and oxygen atoms in total. The summed E-state index contributed by atoms with van der Waals surface area (Å²) in [4.78, 5) is 12.0. The van der Waals surface area contributed by atoms with Gasteiger partial charge in [-0.2, -0.15) is 0 Å². The van der Waals surface area contributed by atoms with Gasteiger partial charge in [-0.05, 0) is 29.8 Å². The molecule has 4 heteroatoms. The van der Waals surface area contributed by atoms with Crippen molar-refractivity contribution < 1.29 is 4.79 Å². The second-order valence-electron chi connectivity index (χ2n) is 4.55. The Hall–Kier alpha value is -1.06. The van der Waals surface area contributed by atoms with Crippen LogP contribution in [0, 0.1) is 6.92 Å². The van der Waals surface area contributed by atoms with Gasteiger partial charge in [-0.1, -0.05) is 18.2 Å². The minimum absolute atomic E-state index is 0.0429. The van der Waals surface area contributed by atoms with Crippen molar-refractivity contribution in [3.05, 3.63) is 34.9 Å². The highest BCUT2D eigenvalue weighted by Gasteiger charge is 2.40. The number of hydrogen-bond donors (Lipinski definition) is 1. The molecule has 0 radical (unpaired) electrons. The first-order chi connectivity index (χ1) is 7.66. The zero-order valence-corrected chi connectivity index (χ0v) is 9.79. The lowest BCUT2D eigenvalue weighted by molar-refractivity contribution is 0.0923. The number of aryl methyl sites for hydroxylation is 1. The van der Waals surface area contributed by atoms with Crippen LogP contribution in [0.3, 0.4) is 0 Å². The molecule has 1 aromatic rings. The fraction of sp³-hybridized carbons (Fsp3) is 0.417. The van der Waals surface area contributed by atoms with Crippen LogP contribution in [-0.2, 0) is 0 Å². The molecule has 0 saturated carbocycles. The molecule has 2 aliphatic rings. The molecule has 84 valence electrons. The molecule has 1 fully saturated rings. The minimum Gasteiger partial charge on any atom is -0.347 e. The molecule has 3 rings (SSSR count). The maximum Gasteiger partial charge on any atom is 0.252 e. The van der Waals surface area contributed by atoms with Gasteiger partial charge in [0.2, 0.25) is 0 Å². The van der Waals surface area contributed by atoms with Crippen LogP contribution in [0.5, 0.6) is 0 Å². The minimum atomic E-state index is 0.0429. The van der Waals surface area contributed by atoms with Crippen LogP contribution >= 0.6 is 11.8 Å². The highest BCUT2D eigenvalue weighted by atomic mass is 35.5. The van der Waals surface area contributed by atoms with Gasteiger partial charge in [0, 0.05) is 24.6 Å². The van der Waals surface area contributed by atoms with Crippen LogP contribution in [0.15, 0.2) is 18.2 Å². The Morgan fingerprint density at radius 3 is 3.06 bits per heavy atom. The Bertz CT molecular complexity index is 460. The van der Waals surface area contributed by atoms with E-state index in [1.54, 1.807) is 4.42 Å². The van der Waals surface area contributed by atoms with E-state index in [0.29, 0.717) is 5.92 Å². The van der Waals surface area contributed by atoms with Crippen LogP contribution < -0.4 is 5.32 Å². The lowest BCUT2D eigenvalue weighted by atomic mass is 9.84. The van der Waals surface area contributed by atoms with Crippen molar-refractivity contribution in [3.63, 3.8) is 0 Å². The molecule has 2 aliphatic heterocycles. The first kappa shape index (κ1) is 10.1. The van der Waals surface area contributed by atoms with E-state index in [1.807, 2.05) is 19.1 Å². The molecule has 0 aromatic heterocycles. The number of halogens is 1. The predicted molar refractivity (Wildman–Crippen MR) is 62.6 cm³/mol. The van der Waals surface area contributed by atoms with Gasteiger partial charge in [0.15, 0.2) is 0 Å². The summed E-state index contributed by atoms with van der Waals surface area (Å²) in [6, 6.07) is 6.21. The Kier molecular flexibility index (Phi) is 2.19. The third kappa shape index (κ3) is 1.35. The van der Waals surface area contributed by atoms with Crippen LogP contribution in [-0.4, -0.2) is 29.5 Å². The summed E-state index contributed by atoms with van der Waals surface area (Å²) in [5.74, 6) is 0.381. The molecule has 16 heavy (non-hydrogen) atoms. The van der Waals surface area contributed by atoms with Gasteiger partial charge in [0.25, 0.3) is 5.91 Å². The molecule has 0 unspecified atom stereocenters. The molecule has 1 saturated heterocycles. The predicted octanol–water partition coefficient (Wildman–Crippen LogP) is 1.66. The van der Waals surface area contributed by atoms with Crippen molar-refractivity contribution in [1.29, 1.82) is 0 Å². The van der Waals surface area contributed by atoms with Crippen molar-refractivity contribution in [2.45, 2.75) is 18.9 Å². The Morgan fingerprint density at radius 2 is 2.25 bits per heavy atom. The van der Waals surface area contributed by atoms with Crippen LogP contribution in [0.25, 0.3) is 0 Å². The fourth-order valence-corrected chi connectivity index (χ4v) is 3.06. The highest BCUT2D eigenvalue weighted by Crippen LogP contribution is 2.35. The first-order valence-corrected chi connectivity index (χ1v) is 5.81. The average Bonchev–Trinajstić information content (AvgIpc) is 2.58. The maximum atomic E-state index is 12.0. The van der Waals surface area contributed by atoms with Crippen LogP contribution in [0.1, 0.15) is 27.4 Å². The topological polar surface area (TPSA) is 32.3 Å². The second kappa shape index (κ2) is 3.47. The number of amides is 1. The fourth-order valence-electron chi connectivity index (χ4n) is 2.77. The van der Waals surface area contributed by atoms with E-state index in [4.69, 9.17) is 11.8 Å². The van der Waals surface area contributed by atoms with Crippen molar-refractivity contribution >= 4 is 17.7 Å². The molecular formula is C12H13ClN2O. The summed E-state index contributed by atoms with van der Waals surface area (Å²) >= 11 is 6.02. The van der Waals surface area contributed by atoms with Gasteiger partial charge in [-0.3, -0.25) is 4.79 Å². The standard InChI is InChI=1S/C12H13ClN2O/c1-7-3-2-4-8-9-5-15(13)6-10(9)14-12(16)11(7)8/h2-4,9-10H,5-6H2,1H3,(H,14,16)/t9-,10+/m0/s1. The molecule has 2 atom stereocenters. The molecule has 0 spiro atoms. The monoisotopic (exact) mass is 236 g/mol. The number of nitrogens with one attached hydrogen (secondary N) is 1. The third-order valence-electron chi connectivity index (χ3n) is 3.52. The SMILES string of the molecule is Cc1cccc2c1C(=O)N[C@@H]1CN(Cl)C[C@@H]21. The second-order valence-corrected chi connectivity index (χ2v) is 5.03. The normalized spacial score (nSPS) is 28.5. The smallest absolute Gasteiger partial charge is 0.252 e. The zero-order chi connectivity index (χ0) is 11.3.